The lowest BCUT2D eigenvalue weighted by molar-refractivity contribution is 0.191. The number of halogens is 1. The molecule has 0 spiro atoms. The summed E-state index contributed by atoms with van der Waals surface area (Å²) in [6, 6.07) is 16.0. The minimum Gasteiger partial charge on any atom is -0.495 e. The largest absolute Gasteiger partial charge is 0.495 e. The number of methoxy groups -OCH3 is 1. The maximum Gasteiger partial charge on any atom is 0.317 e. The van der Waals surface area contributed by atoms with E-state index < -0.39 is 0 Å². The van der Waals surface area contributed by atoms with E-state index in [0.29, 0.717) is 13.1 Å². The number of nitrogens with zero attached hydrogens (tertiary/aromatic N) is 2. The molecule has 1 atom stereocenters. The number of nitrogens with one attached hydrogen (secondary N) is 1. The number of urea groups is 1. The monoisotopic (exact) mass is 417 g/mol. The first-order valence-electron chi connectivity index (χ1n) is 8.77. The zero-order valence-corrected chi connectivity index (χ0v) is 16.7. The van der Waals surface area contributed by atoms with Crippen LogP contribution in [0.2, 0.25) is 0 Å². The van der Waals surface area contributed by atoms with Gasteiger partial charge >= 0.3 is 6.03 Å². The van der Waals surface area contributed by atoms with Gasteiger partial charge in [0.2, 0.25) is 0 Å². The third kappa shape index (κ3) is 4.30. The predicted molar refractivity (Wildman–Crippen MR) is 108 cm³/mol. The Morgan fingerprint density at radius 2 is 1.85 bits per heavy atom. The Morgan fingerprint density at radius 3 is 2.54 bits per heavy atom. The van der Waals surface area contributed by atoms with Crippen LogP contribution in [0, 0.1) is 0 Å². The molecule has 1 aliphatic rings. The van der Waals surface area contributed by atoms with Crippen LogP contribution in [0.4, 0.5) is 10.5 Å². The van der Waals surface area contributed by atoms with Gasteiger partial charge in [0.05, 0.1) is 18.8 Å². The minimum atomic E-state index is -0.0350. The van der Waals surface area contributed by atoms with E-state index in [0.717, 1.165) is 34.6 Å². The van der Waals surface area contributed by atoms with Gasteiger partial charge in [-0.3, -0.25) is 0 Å². The summed E-state index contributed by atoms with van der Waals surface area (Å²) >= 11 is 3.47. The van der Waals surface area contributed by atoms with E-state index in [2.05, 4.69) is 32.2 Å². The van der Waals surface area contributed by atoms with Gasteiger partial charge in [-0.05, 0) is 36.8 Å². The average Bonchev–Trinajstić information content (AvgIpc) is 2.68. The lowest BCUT2D eigenvalue weighted by Gasteiger charge is -2.37. The number of carbonyl (C=O) groups excluding carboxylic acids is 1. The van der Waals surface area contributed by atoms with Gasteiger partial charge < -0.3 is 19.9 Å². The molecule has 2 aromatic carbocycles. The van der Waals surface area contributed by atoms with Crippen LogP contribution in [-0.4, -0.2) is 44.2 Å². The Hall–Kier alpha value is -2.21. The van der Waals surface area contributed by atoms with Crippen molar-refractivity contribution in [3.63, 3.8) is 0 Å². The van der Waals surface area contributed by atoms with Crippen molar-refractivity contribution in [2.24, 2.45) is 0 Å². The van der Waals surface area contributed by atoms with Crippen molar-refractivity contribution < 1.29 is 9.53 Å². The minimum absolute atomic E-state index is 0.0165. The Kier molecular flexibility index (Phi) is 6.04. The fraction of sp³-hybridized carbons (Fsp3) is 0.350. The number of para-hydroxylation sites is 2. The molecule has 3 rings (SSSR count). The van der Waals surface area contributed by atoms with E-state index in [4.69, 9.17) is 4.74 Å². The highest BCUT2D eigenvalue weighted by Gasteiger charge is 2.23. The van der Waals surface area contributed by atoms with Gasteiger partial charge in [0.1, 0.15) is 5.75 Å². The summed E-state index contributed by atoms with van der Waals surface area (Å²) in [7, 11) is 1.69. The number of piperazine rings is 1. The van der Waals surface area contributed by atoms with Gasteiger partial charge in [0, 0.05) is 30.7 Å². The topological polar surface area (TPSA) is 44.8 Å². The molecule has 0 bridgehead atoms. The number of benzene rings is 2. The lowest BCUT2D eigenvalue weighted by atomic mass is 10.1. The molecule has 2 aromatic rings. The zero-order chi connectivity index (χ0) is 18.5. The first-order chi connectivity index (χ1) is 12.6. The summed E-state index contributed by atoms with van der Waals surface area (Å²) in [4.78, 5) is 16.7. The van der Waals surface area contributed by atoms with E-state index in [9.17, 15) is 4.79 Å². The molecule has 1 aliphatic heterocycles. The van der Waals surface area contributed by atoms with Crippen molar-refractivity contribution in [3.8, 4) is 5.75 Å². The molecule has 2 amide bonds. The molecule has 5 nitrogen and oxygen atoms in total. The average molecular weight is 418 g/mol. The molecular weight excluding hydrogens is 394 g/mol. The van der Waals surface area contributed by atoms with Crippen molar-refractivity contribution in [3.05, 3.63) is 58.6 Å². The standard InChI is InChI=1S/C20H24BrN3O2/c1-15(16-6-5-7-17(21)14-16)22-20(25)24-12-10-23(11-13-24)18-8-3-4-9-19(18)26-2/h3-9,14-15H,10-13H2,1-2H3,(H,22,25). The normalized spacial score (nSPS) is 15.5. The second-order valence-corrected chi connectivity index (χ2v) is 7.29. The number of carbonyl (C=O) groups is 1. The van der Waals surface area contributed by atoms with Crippen molar-refractivity contribution >= 4 is 27.6 Å². The van der Waals surface area contributed by atoms with E-state index in [-0.39, 0.29) is 12.1 Å². The Balaban J connectivity index is 1.57. The van der Waals surface area contributed by atoms with Gasteiger partial charge in [-0.2, -0.15) is 0 Å². The van der Waals surface area contributed by atoms with Crippen LogP contribution in [0.1, 0.15) is 18.5 Å². The first kappa shape index (κ1) is 18.6. The summed E-state index contributed by atoms with van der Waals surface area (Å²) < 4.78 is 6.46. The zero-order valence-electron chi connectivity index (χ0n) is 15.1. The Bertz CT molecular complexity index is 760. The first-order valence-corrected chi connectivity index (χ1v) is 9.56. The third-order valence-electron chi connectivity index (χ3n) is 4.68. The maximum atomic E-state index is 12.6. The molecular formula is C20H24BrN3O2. The molecule has 1 saturated heterocycles. The molecule has 1 fully saturated rings. The number of anilines is 1. The van der Waals surface area contributed by atoms with Gasteiger partial charge in [-0.15, -0.1) is 0 Å². The van der Waals surface area contributed by atoms with Crippen LogP contribution in [0.5, 0.6) is 5.75 Å². The lowest BCUT2D eigenvalue weighted by Crippen LogP contribution is -2.52. The summed E-state index contributed by atoms with van der Waals surface area (Å²) in [6.07, 6.45) is 0. The van der Waals surface area contributed by atoms with Gasteiger partial charge in [-0.25, -0.2) is 4.79 Å². The molecule has 1 unspecified atom stereocenters. The molecule has 0 radical (unpaired) electrons. The van der Waals surface area contributed by atoms with Gasteiger partial charge in [-0.1, -0.05) is 40.2 Å². The second kappa shape index (κ2) is 8.45. The molecule has 0 saturated carbocycles. The molecule has 6 heteroatoms. The van der Waals surface area contributed by atoms with Crippen molar-refractivity contribution in [2.75, 3.05) is 38.2 Å². The molecule has 138 valence electrons. The van der Waals surface area contributed by atoms with Gasteiger partial charge in [0.25, 0.3) is 0 Å². The Morgan fingerprint density at radius 1 is 1.12 bits per heavy atom. The number of hydrogen-bond donors (Lipinski definition) is 1. The fourth-order valence-corrected chi connectivity index (χ4v) is 3.59. The maximum absolute atomic E-state index is 12.6. The summed E-state index contributed by atoms with van der Waals surface area (Å²) in [5.41, 5.74) is 2.16. The summed E-state index contributed by atoms with van der Waals surface area (Å²) in [6.45, 7) is 4.97. The number of ether oxygens (including phenoxy) is 1. The number of hydrogen-bond acceptors (Lipinski definition) is 3. The second-order valence-electron chi connectivity index (χ2n) is 6.37. The number of amides is 2. The highest BCUT2D eigenvalue weighted by molar-refractivity contribution is 9.10. The van der Waals surface area contributed by atoms with Crippen LogP contribution in [-0.2, 0) is 0 Å². The molecule has 0 aliphatic carbocycles. The third-order valence-corrected chi connectivity index (χ3v) is 5.17. The predicted octanol–water partition coefficient (Wildman–Crippen LogP) is 4.05. The summed E-state index contributed by atoms with van der Waals surface area (Å²) in [5, 5.41) is 3.09. The van der Waals surface area contributed by atoms with E-state index >= 15 is 0 Å². The van der Waals surface area contributed by atoms with Crippen molar-refractivity contribution in [1.29, 1.82) is 0 Å². The van der Waals surface area contributed by atoms with Crippen molar-refractivity contribution in [2.45, 2.75) is 13.0 Å². The van der Waals surface area contributed by atoms with Crippen LogP contribution < -0.4 is 15.0 Å². The quantitative estimate of drug-likeness (QED) is 0.815. The molecule has 1 heterocycles. The van der Waals surface area contributed by atoms with Crippen molar-refractivity contribution in [1.82, 2.24) is 10.2 Å². The fourth-order valence-electron chi connectivity index (χ4n) is 3.18. The van der Waals surface area contributed by atoms with Crippen LogP contribution >= 0.6 is 15.9 Å². The van der Waals surface area contributed by atoms with Crippen LogP contribution in [0.3, 0.4) is 0 Å². The van der Waals surface area contributed by atoms with E-state index in [1.807, 2.05) is 54.3 Å². The SMILES string of the molecule is COc1ccccc1N1CCN(C(=O)NC(C)c2cccc(Br)c2)CC1. The highest BCUT2D eigenvalue weighted by atomic mass is 79.9. The van der Waals surface area contributed by atoms with E-state index in [1.165, 1.54) is 0 Å². The summed E-state index contributed by atoms with van der Waals surface area (Å²) in [5.74, 6) is 0.869. The smallest absolute Gasteiger partial charge is 0.317 e. The number of rotatable bonds is 4. The highest BCUT2D eigenvalue weighted by Crippen LogP contribution is 2.28. The van der Waals surface area contributed by atoms with Crippen LogP contribution in [0.25, 0.3) is 0 Å². The van der Waals surface area contributed by atoms with Crippen LogP contribution in [0.15, 0.2) is 53.0 Å². The van der Waals surface area contributed by atoms with Gasteiger partial charge in [0.15, 0.2) is 0 Å². The Labute approximate surface area is 163 Å². The molecule has 1 N–H and O–H groups in total. The molecule has 26 heavy (non-hydrogen) atoms. The van der Waals surface area contributed by atoms with E-state index in [1.54, 1.807) is 7.11 Å². The molecule has 0 aromatic heterocycles.